The molecule has 4 nitrogen and oxygen atoms in total. The van der Waals surface area contributed by atoms with E-state index in [0.717, 1.165) is 28.7 Å². The van der Waals surface area contributed by atoms with Crippen molar-refractivity contribution in [3.63, 3.8) is 0 Å². The van der Waals surface area contributed by atoms with E-state index in [1.807, 2.05) is 44.2 Å². The summed E-state index contributed by atoms with van der Waals surface area (Å²) in [6.45, 7) is 3.90. The summed E-state index contributed by atoms with van der Waals surface area (Å²) in [6.07, 6.45) is 1.58. The average molecular weight is 399 g/mol. The fourth-order valence-electron chi connectivity index (χ4n) is 4.15. The summed E-state index contributed by atoms with van der Waals surface area (Å²) < 4.78 is 11.1. The molecule has 0 spiro atoms. The summed E-state index contributed by atoms with van der Waals surface area (Å²) in [6, 6.07) is 11.6. The number of fused-ring (bicyclic) bond motifs is 2. The van der Waals surface area contributed by atoms with Crippen LogP contribution in [0.4, 0.5) is 0 Å². The molecule has 2 aliphatic heterocycles. The fraction of sp³-hybridized carbons (Fsp3) is 0.348. The van der Waals surface area contributed by atoms with E-state index in [1.165, 1.54) is 0 Å². The summed E-state index contributed by atoms with van der Waals surface area (Å²) in [5, 5.41) is 11.4. The third-order valence-electron chi connectivity index (χ3n) is 5.80. The molecule has 0 amide bonds. The highest BCUT2D eigenvalue weighted by atomic mass is 35.5. The first-order valence-corrected chi connectivity index (χ1v) is 9.88. The van der Waals surface area contributed by atoms with Gasteiger partial charge in [-0.1, -0.05) is 42.8 Å². The number of ether oxygens (including phenoxy) is 2. The van der Waals surface area contributed by atoms with Crippen molar-refractivity contribution < 1.29 is 19.4 Å². The largest absolute Gasteiger partial charge is 0.508 e. The second kappa shape index (κ2) is 6.94. The number of hydrogen-bond acceptors (Lipinski definition) is 4. The Balaban J connectivity index is 1.82. The van der Waals surface area contributed by atoms with Gasteiger partial charge >= 0.3 is 0 Å². The van der Waals surface area contributed by atoms with Gasteiger partial charge in [0.1, 0.15) is 23.2 Å². The predicted octanol–water partition coefficient (Wildman–Crippen LogP) is 5.37. The van der Waals surface area contributed by atoms with Gasteiger partial charge in [0.15, 0.2) is 5.78 Å². The Labute approximate surface area is 169 Å². The average Bonchev–Trinajstić information content (AvgIpc) is 3.08. The van der Waals surface area contributed by atoms with E-state index in [1.54, 1.807) is 7.11 Å². The van der Waals surface area contributed by atoms with Crippen molar-refractivity contribution in [1.82, 2.24) is 0 Å². The number of aliphatic hydroxyl groups is 1. The van der Waals surface area contributed by atoms with Gasteiger partial charge in [0.2, 0.25) is 0 Å². The number of carbonyl (C=O) groups is 1. The van der Waals surface area contributed by atoms with Gasteiger partial charge < -0.3 is 14.6 Å². The maximum Gasteiger partial charge on any atom is 0.195 e. The Morgan fingerprint density at radius 3 is 2.68 bits per heavy atom. The minimum atomic E-state index is -0.763. The molecule has 1 fully saturated rings. The summed E-state index contributed by atoms with van der Waals surface area (Å²) >= 11 is 6.14. The van der Waals surface area contributed by atoms with E-state index in [-0.39, 0.29) is 11.5 Å². The molecule has 0 aromatic heterocycles. The Morgan fingerprint density at radius 2 is 1.96 bits per heavy atom. The minimum absolute atomic E-state index is 0.0573. The number of halogens is 1. The smallest absolute Gasteiger partial charge is 0.195 e. The molecular formula is C23H23ClO4. The predicted molar refractivity (Wildman–Crippen MR) is 110 cm³/mol. The Hall–Kier alpha value is -2.30. The topological polar surface area (TPSA) is 55.8 Å². The molecule has 28 heavy (non-hydrogen) atoms. The lowest BCUT2D eigenvalue weighted by Gasteiger charge is -2.31. The van der Waals surface area contributed by atoms with Gasteiger partial charge in [0.25, 0.3) is 0 Å². The van der Waals surface area contributed by atoms with Crippen molar-refractivity contribution in [2.45, 2.75) is 44.8 Å². The van der Waals surface area contributed by atoms with Crippen LogP contribution in [0.1, 0.15) is 37.8 Å². The van der Waals surface area contributed by atoms with E-state index < -0.39 is 11.7 Å². The lowest BCUT2D eigenvalue weighted by atomic mass is 9.87. The van der Waals surface area contributed by atoms with Gasteiger partial charge in [-0.05, 0) is 60.6 Å². The first-order valence-electron chi connectivity index (χ1n) is 9.51. The van der Waals surface area contributed by atoms with Gasteiger partial charge in [-0.3, -0.25) is 4.79 Å². The molecule has 0 aliphatic carbocycles. The van der Waals surface area contributed by atoms with Crippen molar-refractivity contribution >= 4 is 23.0 Å². The molecule has 4 rings (SSSR count). The third-order valence-corrected chi connectivity index (χ3v) is 6.11. The number of aryl methyl sites for hydroxylation is 1. The minimum Gasteiger partial charge on any atom is -0.508 e. The second-order valence-electron chi connectivity index (χ2n) is 7.54. The van der Waals surface area contributed by atoms with Gasteiger partial charge in [0, 0.05) is 0 Å². The normalized spacial score (nSPS) is 24.0. The van der Waals surface area contributed by atoms with Crippen molar-refractivity contribution in [3.8, 4) is 16.9 Å². The molecule has 2 bridgehead atoms. The van der Waals surface area contributed by atoms with Crippen molar-refractivity contribution in [3.05, 3.63) is 58.3 Å². The number of methoxy groups -OCH3 is 1. The molecule has 0 unspecified atom stereocenters. The standard InChI is InChI=1S/C23H23ClO4/c1-4-13-11-14(15-6-8-17(24)19(12-15)27-3)5-7-16(13)20-21(25)18-9-10-23(2,28-18)22(20)26/h5-8,11-12,18,26H,4,9-10H2,1-3H3/t18-,23+/m0/s1. The molecular weight excluding hydrogens is 376 g/mol. The van der Waals surface area contributed by atoms with Crippen LogP contribution in [0.15, 0.2) is 42.2 Å². The number of benzene rings is 2. The van der Waals surface area contributed by atoms with Gasteiger partial charge in [-0.2, -0.15) is 0 Å². The van der Waals surface area contributed by atoms with E-state index in [9.17, 15) is 9.90 Å². The van der Waals surface area contributed by atoms with Crippen molar-refractivity contribution in [2.75, 3.05) is 7.11 Å². The zero-order valence-electron chi connectivity index (χ0n) is 16.2. The van der Waals surface area contributed by atoms with E-state index in [4.69, 9.17) is 21.1 Å². The van der Waals surface area contributed by atoms with E-state index in [0.29, 0.717) is 29.2 Å². The molecule has 2 aromatic carbocycles. The molecule has 146 valence electrons. The van der Waals surface area contributed by atoms with Gasteiger partial charge in [-0.25, -0.2) is 0 Å². The van der Waals surface area contributed by atoms with Crippen LogP contribution < -0.4 is 4.74 Å². The summed E-state index contributed by atoms with van der Waals surface area (Å²) in [7, 11) is 1.59. The van der Waals surface area contributed by atoms with Crippen LogP contribution in [0.3, 0.4) is 0 Å². The Morgan fingerprint density at radius 1 is 1.25 bits per heavy atom. The maximum absolute atomic E-state index is 12.9. The summed E-state index contributed by atoms with van der Waals surface area (Å²) in [5.41, 5.74) is 3.42. The SMILES string of the molecule is CCc1cc(-c2ccc(Cl)c(OC)c2)ccc1C1=C(O)[C@@]2(C)CC[C@H](O2)C1=O. The van der Waals surface area contributed by atoms with Crippen LogP contribution in [0.5, 0.6) is 5.75 Å². The van der Waals surface area contributed by atoms with Crippen LogP contribution in [0.2, 0.25) is 5.02 Å². The highest BCUT2D eigenvalue weighted by Crippen LogP contribution is 2.45. The van der Waals surface area contributed by atoms with Gasteiger partial charge in [-0.15, -0.1) is 0 Å². The Kier molecular flexibility index (Phi) is 4.72. The summed E-state index contributed by atoms with van der Waals surface area (Å²) in [4.78, 5) is 12.9. The lowest BCUT2D eigenvalue weighted by Crippen LogP contribution is -2.37. The molecule has 2 aliphatic rings. The van der Waals surface area contributed by atoms with Crippen LogP contribution in [0, 0.1) is 0 Å². The molecule has 2 aromatic rings. The highest BCUT2D eigenvalue weighted by molar-refractivity contribution is 6.32. The Bertz CT molecular complexity index is 994. The number of aliphatic hydroxyl groups excluding tert-OH is 1. The molecule has 1 N–H and O–H groups in total. The second-order valence-corrected chi connectivity index (χ2v) is 7.95. The molecule has 2 atom stereocenters. The third kappa shape index (κ3) is 2.92. The number of carbonyl (C=O) groups excluding carboxylic acids is 1. The monoisotopic (exact) mass is 398 g/mol. The summed E-state index contributed by atoms with van der Waals surface area (Å²) in [5.74, 6) is 0.552. The maximum atomic E-state index is 12.9. The first kappa shape index (κ1) is 19.0. The van der Waals surface area contributed by atoms with Crippen LogP contribution in [-0.4, -0.2) is 29.7 Å². The van der Waals surface area contributed by atoms with E-state index in [2.05, 4.69) is 6.07 Å². The fourth-order valence-corrected chi connectivity index (χ4v) is 4.34. The van der Waals surface area contributed by atoms with E-state index >= 15 is 0 Å². The lowest BCUT2D eigenvalue weighted by molar-refractivity contribution is -0.130. The van der Waals surface area contributed by atoms with Crippen molar-refractivity contribution in [1.29, 1.82) is 0 Å². The molecule has 2 heterocycles. The van der Waals surface area contributed by atoms with Crippen molar-refractivity contribution in [2.24, 2.45) is 0 Å². The van der Waals surface area contributed by atoms with Crippen LogP contribution >= 0.6 is 11.6 Å². The van der Waals surface area contributed by atoms with Gasteiger partial charge in [0.05, 0.1) is 17.7 Å². The number of Topliss-reactive ketones (excluding diaryl/α,β-unsaturated/α-hetero) is 1. The first-order chi connectivity index (χ1) is 13.4. The molecule has 0 radical (unpaired) electrons. The highest BCUT2D eigenvalue weighted by Gasteiger charge is 2.50. The number of ketones is 1. The zero-order valence-corrected chi connectivity index (χ0v) is 17.0. The van der Waals surface area contributed by atoms with Crippen LogP contribution in [0.25, 0.3) is 16.7 Å². The molecule has 1 saturated heterocycles. The number of rotatable bonds is 4. The number of hydrogen-bond donors (Lipinski definition) is 1. The molecule has 5 heteroatoms. The molecule has 0 saturated carbocycles. The van der Waals surface area contributed by atoms with Crippen LogP contribution in [-0.2, 0) is 16.0 Å². The zero-order chi connectivity index (χ0) is 20.1. The quantitative estimate of drug-likeness (QED) is 0.752.